The summed E-state index contributed by atoms with van der Waals surface area (Å²) in [5.74, 6) is 0.228. The molecule has 2 aliphatic rings. The third-order valence-corrected chi connectivity index (χ3v) is 20.6. The van der Waals surface area contributed by atoms with Crippen molar-refractivity contribution in [2.75, 3.05) is 7.11 Å². The van der Waals surface area contributed by atoms with Gasteiger partial charge in [0.1, 0.15) is 0 Å². The number of hydrogen-bond donors (Lipinski definition) is 0. The van der Waals surface area contributed by atoms with Crippen molar-refractivity contribution in [3.05, 3.63) is 24.3 Å². The van der Waals surface area contributed by atoms with Crippen LogP contribution in [0.4, 0.5) is 0 Å². The molecule has 2 saturated carbocycles. The molecule has 0 N–H and O–H groups in total. The van der Waals surface area contributed by atoms with E-state index in [-0.39, 0.29) is 51.4 Å². The summed E-state index contributed by atoms with van der Waals surface area (Å²) in [6, 6.07) is 2.66. The molecule has 5 nitrogen and oxygen atoms in total. The second-order valence-corrected chi connectivity index (χ2v) is 25.9. The summed E-state index contributed by atoms with van der Waals surface area (Å²) in [5, 5.41) is 10.5. The van der Waals surface area contributed by atoms with Crippen LogP contribution in [0, 0.1) is 34.5 Å². The summed E-state index contributed by atoms with van der Waals surface area (Å²) in [4.78, 5) is 11.5. The zero-order chi connectivity index (χ0) is 32.7. The normalized spacial score (nSPS) is 25.6. The van der Waals surface area contributed by atoms with E-state index in [1.54, 1.807) is 0 Å². The number of nitrogens with zero attached hydrogens (tertiary/aromatic N) is 1. The zero-order valence-corrected chi connectivity index (χ0v) is 31.8. The van der Waals surface area contributed by atoms with Gasteiger partial charge in [-0.1, -0.05) is 79.2 Å². The molecular weight excluding hydrogens is 567 g/mol. The van der Waals surface area contributed by atoms with Crippen LogP contribution in [0.15, 0.2) is 24.3 Å². The molecule has 0 heterocycles. The molecule has 0 amide bonds. The molecule has 0 spiro atoms. The Labute approximate surface area is 267 Å². The van der Waals surface area contributed by atoms with Crippen LogP contribution < -0.4 is 0 Å². The van der Waals surface area contributed by atoms with Gasteiger partial charge in [-0.05, 0) is 99.0 Å². The van der Waals surface area contributed by atoms with E-state index in [0.29, 0.717) is 6.42 Å². The van der Waals surface area contributed by atoms with Gasteiger partial charge in [0.05, 0.1) is 31.3 Å². The number of hydrogen-bond acceptors (Lipinski definition) is 5. The van der Waals surface area contributed by atoms with Crippen LogP contribution in [-0.2, 0) is 18.4 Å². The highest BCUT2D eigenvalue weighted by Crippen LogP contribution is 2.52. The van der Waals surface area contributed by atoms with E-state index in [1.807, 2.05) is 0 Å². The molecule has 43 heavy (non-hydrogen) atoms. The summed E-state index contributed by atoms with van der Waals surface area (Å²) in [7, 11) is -2.51. The Balaban J connectivity index is 2.32. The van der Waals surface area contributed by atoms with Crippen molar-refractivity contribution in [3.63, 3.8) is 0 Å². The quantitative estimate of drug-likeness (QED) is 0.0778. The van der Waals surface area contributed by atoms with Crippen molar-refractivity contribution in [3.8, 4) is 6.07 Å². The molecule has 5 atom stereocenters. The Morgan fingerprint density at radius 2 is 1.65 bits per heavy atom. The number of rotatable bonds is 15. The molecule has 0 saturated heterocycles. The Bertz CT molecular complexity index is 989. The Hall–Kier alpha value is -1.21. The van der Waals surface area contributed by atoms with Crippen LogP contribution in [0.5, 0.6) is 0 Å². The molecule has 1 unspecified atom stereocenters. The third kappa shape index (κ3) is 9.89. The number of carbonyl (C=O) groups excluding carboxylic acids is 1. The summed E-state index contributed by atoms with van der Waals surface area (Å²) >= 11 is 0. The fraction of sp³-hybridized carbons (Fsp3) is 0.833. The van der Waals surface area contributed by atoms with Crippen molar-refractivity contribution in [2.45, 2.75) is 161 Å². The van der Waals surface area contributed by atoms with Crippen LogP contribution in [0.2, 0.25) is 36.3 Å². The smallest absolute Gasteiger partial charge is 0.305 e. The Morgan fingerprint density at radius 3 is 2.14 bits per heavy atom. The minimum Gasteiger partial charge on any atom is -0.469 e. The lowest BCUT2D eigenvalue weighted by molar-refractivity contribution is -0.140. The highest BCUT2D eigenvalue weighted by molar-refractivity contribution is 6.74. The number of ether oxygens (including phenoxy) is 1. The second kappa shape index (κ2) is 15.4. The van der Waals surface area contributed by atoms with Crippen molar-refractivity contribution < 1.29 is 18.4 Å². The average Bonchev–Trinajstić information content (AvgIpc) is 3.19. The summed E-state index contributed by atoms with van der Waals surface area (Å²) in [6.07, 6.45) is 19.1. The molecule has 0 radical (unpaired) electrons. The van der Waals surface area contributed by atoms with E-state index in [9.17, 15) is 10.1 Å². The van der Waals surface area contributed by atoms with Gasteiger partial charge in [-0.2, -0.15) is 5.26 Å². The van der Waals surface area contributed by atoms with Crippen molar-refractivity contribution in [2.24, 2.45) is 23.2 Å². The molecule has 2 fully saturated rings. The molecule has 0 aromatic heterocycles. The SMILES string of the molecule is CCC1(C(CC=C[C@H]2[C@@H](CC=CCCCC(=O)OC)[C@@H](C#N)C[C@H]2O[Si](C)(C)C(C)(C)C)O[Si](C)(C)C(C)(C)C)CCC1. The molecule has 7 heteroatoms. The predicted octanol–water partition coefficient (Wildman–Crippen LogP) is 10.4. The first kappa shape index (κ1) is 38.0. The van der Waals surface area contributed by atoms with E-state index < -0.39 is 16.6 Å². The highest BCUT2D eigenvalue weighted by atomic mass is 28.4. The summed E-state index contributed by atoms with van der Waals surface area (Å²) in [6.45, 7) is 25.7. The topological polar surface area (TPSA) is 68.6 Å². The van der Waals surface area contributed by atoms with E-state index in [1.165, 1.54) is 32.8 Å². The lowest BCUT2D eigenvalue weighted by Gasteiger charge is -2.51. The number of allylic oxidation sites excluding steroid dienone is 2. The van der Waals surface area contributed by atoms with Gasteiger partial charge in [0.25, 0.3) is 0 Å². The minimum atomic E-state index is -2.02. The first-order valence-corrected chi connectivity index (χ1v) is 22.8. The Kier molecular flexibility index (Phi) is 13.6. The summed E-state index contributed by atoms with van der Waals surface area (Å²) in [5.41, 5.74) is 0.286. The van der Waals surface area contributed by atoms with Gasteiger partial charge in [0, 0.05) is 12.3 Å². The molecule has 2 aliphatic carbocycles. The first-order chi connectivity index (χ1) is 19.8. The lowest BCUT2D eigenvalue weighted by Crippen LogP contribution is -2.51. The van der Waals surface area contributed by atoms with Crippen molar-refractivity contribution in [1.29, 1.82) is 5.26 Å². The van der Waals surface area contributed by atoms with Crippen LogP contribution in [0.1, 0.15) is 113 Å². The fourth-order valence-electron chi connectivity index (χ4n) is 6.23. The van der Waals surface area contributed by atoms with E-state index in [0.717, 1.165) is 32.1 Å². The maximum atomic E-state index is 11.5. The van der Waals surface area contributed by atoms with Crippen molar-refractivity contribution >= 4 is 22.6 Å². The third-order valence-electron chi connectivity index (χ3n) is 11.6. The number of unbranched alkanes of at least 4 members (excludes halogenated alkanes) is 1. The van der Waals surface area contributed by atoms with Gasteiger partial charge in [0.15, 0.2) is 16.6 Å². The van der Waals surface area contributed by atoms with Gasteiger partial charge in [0.2, 0.25) is 0 Å². The first-order valence-electron chi connectivity index (χ1n) is 17.0. The standard InChI is InChI=1S/C36H65NO4Si2/c1-13-36(24-19-25-36)32(41-43(11,12)35(5,6)7)22-18-21-30-29(20-16-14-15-17-23-33(38)39-8)28(27-37)26-31(30)40-42(9,10)34(2,3)4/h14,16,18,21,28-32H,13,15,17,19-20,22-26H2,1-12H3/t28-,29+,30+,31-,32?/m1/s1. The second-order valence-electron chi connectivity index (χ2n) is 16.4. The van der Waals surface area contributed by atoms with E-state index in [2.05, 4.69) is 105 Å². The fourth-order valence-corrected chi connectivity index (χ4v) is 9.01. The predicted molar refractivity (Wildman–Crippen MR) is 185 cm³/mol. The average molecular weight is 632 g/mol. The summed E-state index contributed by atoms with van der Waals surface area (Å²) < 4.78 is 19.0. The van der Waals surface area contributed by atoms with Crippen LogP contribution >= 0.6 is 0 Å². The lowest BCUT2D eigenvalue weighted by atomic mass is 9.63. The highest BCUT2D eigenvalue weighted by Gasteiger charge is 2.49. The monoisotopic (exact) mass is 631 g/mol. The van der Waals surface area contributed by atoms with Crippen LogP contribution in [0.25, 0.3) is 0 Å². The van der Waals surface area contributed by atoms with Gasteiger partial charge in [-0.25, -0.2) is 0 Å². The van der Waals surface area contributed by atoms with Crippen LogP contribution in [0.3, 0.4) is 0 Å². The van der Waals surface area contributed by atoms with Crippen LogP contribution in [-0.4, -0.2) is 41.9 Å². The zero-order valence-electron chi connectivity index (χ0n) is 29.8. The van der Waals surface area contributed by atoms with Gasteiger partial charge < -0.3 is 13.6 Å². The molecular formula is C36H65NO4Si2. The minimum absolute atomic E-state index is 0.0305. The largest absolute Gasteiger partial charge is 0.469 e. The van der Waals surface area contributed by atoms with Gasteiger partial charge in [-0.15, -0.1) is 0 Å². The number of methoxy groups -OCH3 is 1. The molecule has 0 aromatic rings. The molecule has 2 rings (SSSR count). The molecule has 0 aliphatic heterocycles. The van der Waals surface area contributed by atoms with E-state index in [4.69, 9.17) is 13.6 Å². The van der Waals surface area contributed by atoms with Gasteiger partial charge >= 0.3 is 5.97 Å². The maximum absolute atomic E-state index is 11.5. The molecule has 0 aromatic carbocycles. The number of nitriles is 1. The van der Waals surface area contributed by atoms with Gasteiger partial charge in [-0.3, -0.25) is 4.79 Å². The number of esters is 1. The number of carbonyl (C=O) groups is 1. The van der Waals surface area contributed by atoms with E-state index >= 15 is 0 Å². The molecule has 0 bridgehead atoms. The Morgan fingerprint density at radius 1 is 1.02 bits per heavy atom. The molecule has 246 valence electrons. The maximum Gasteiger partial charge on any atom is 0.305 e. The van der Waals surface area contributed by atoms with Crippen molar-refractivity contribution in [1.82, 2.24) is 0 Å².